The lowest BCUT2D eigenvalue weighted by atomic mass is 10.1. The van der Waals surface area contributed by atoms with Crippen molar-refractivity contribution in [3.8, 4) is 11.5 Å². The van der Waals surface area contributed by atoms with Crippen LogP contribution >= 0.6 is 0 Å². The Kier molecular flexibility index (Phi) is 7.72. The molecule has 0 aliphatic carbocycles. The lowest BCUT2D eigenvalue weighted by Crippen LogP contribution is -2.43. The standard InChI is InChI=1S/C19H28N2O5/c1-14(22)21(12-16-5-4-10-26-16)13-19(23)20-9-8-15-6-7-17(24-2)18(11-15)25-3/h6-7,11,16H,4-5,8-10,12-13H2,1-3H3,(H,20,23). The molecule has 2 rings (SSSR count). The predicted octanol–water partition coefficient (Wildman–Crippen LogP) is 1.39. The average Bonchev–Trinajstić information content (AvgIpc) is 3.14. The molecule has 1 aliphatic rings. The molecule has 144 valence electrons. The molecular formula is C19H28N2O5. The third-order valence-corrected chi connectivity index (χ3v) is 4.41. The Morgan fingerprint density at radius 2 is 2.04 bits per heavy atom. The van der Waals surface area contributed by atoms with Crippen molar-refractivity contribution in [3.63, 3.8) is 0 Å². The quantitative estimate of drug-likeness (QED) is 0.717. The normalized spacial score (nSPS) is 16.2. The summed E-state index contributed by atoms with van der Waals surface area (Å²) in [4.78, 5) is 25.5. The van der Waals surface area contributed by atoms with E-state index in [1.54, 1.807) is 19.1 Å². The molecule has 1 heterocycles. The molecule has 1 aliphatic heterocycles. The smallest absolute Gasteiger partial charge is 0.239 e. The van der Waals surface area contributed by atoms with E-state index in [1.165, 1.54) is 6.92 Å². The summed E-state index contributed by atoms with van der Waals surface area (Å²) in [5.74, 6) is 1.05. The number of rotatable bonds is 9. The summed E-state index contributed by atoms with van der Waals surface area (Å²) in [6, 6.07) is 5.67. The van der Waals surface area contributed by atoms with Crippen LogP contribution in [-0.4, -0.2) is 63.3 Å². The fourth-order valence-corrected chi connectivity index (χ4v) is 2.95. The average molecular weight is 364 g/mol. The van der Waals surface area contributed by atoms with Gasteiger partial charge in [0.15, 0.2) is 11.5 Å². The van der Waals surface area contributed by atoms with Gasteiger partial charge in [0.25, 0.3) is 0 Å². The molecule has 1 fully saturated rings. The molecule has 26 heavy (non-hydrogen) atoms. The predicted molar refractivity (Wildman–Crippen MR) is 97.5 cm³/mol. The van der Waals surface area contributed by atoms with Crippen LogP contribution in [-0.2, 0) is 20.7 Å². The zero-order chi connectivity index (χ0) is 18.9. The number of benzene rings is 1. The number of carbonyl (C=O) groups excluding carboxylic acids is 2. The summed E-state index contributed by atoms with van der Waals surface area (Å²) in [6.07, 6.45) is 2.65. The monoisotopic (exact) mass is 364 g/mol. The van der Waals surface area contributed by atoms with Gasteiger partial charge < -0.3 is 24.4 Å². The van der Waals surface area contributed by atoms with Crippen LogP contribution in [0.2, 0.25) is 0 Å². The Balaban J connectivity index is 1.79. The van der Waals surface area contributed by atoms with E-state index in [-0.39, 0.29) is 24.5 Å². The lowest BCUT2D eigenvalue weighted by Gasteiger charge is -2.23. The topological polar surface area (TPSA) is 77.1 Å². The van der Waals surface area contributed by atoms with E-state index in [4.69, 9.17) is 14.2 Å². The van der Waals surface area contributed by atoms with Crippen LogP contribution in [0.1, 0.15) is 25.3 Å². The molecule has 1 atom stereocenters. The maximum atomic E-state index is 12.2. The van der Waals surface area contributed by atoms with Gasteiger partial charge >= 0.3 is 0 Å². The summed E-state index contributed by atoms with van der Waals surface area (Å²) in [5, 5.41) is 2.86. The SMILES string of the molecule is COc1ccc(CCNC(=O)CN(CC2CCCO2)C(C)=O)cc1OC. The van der Waals surface area contributed by atoms with Crippen LogP contribution in [0, 0.1) is 0 Å². The zero-order valence-corrected chi connectivity index (χ0v) is 15.7. The highest BCUT2D eigenvalue weighted by Gasteiger charge is 2.22. The van der Waals surface area contributed by atoms with Crippen LogP contribution in [0.15, 0.2) is 18.2 Å². The Labute approximate surface area is 154 Å². The molecule has 7 nitrogen and oxygen atoms in total. The van der Waals surface area contributed by atoms with Crippen molar-refractivity contribution in [3.05, 3.63) is 23.8 Å². The number of hydrogen-bond donors (Lipinski definition) is 1. The fourth-order valence-electron chi connectivity index (χ4n) is 2.95. The molecule has 0 saturated carbocycles. The minimum absolute atomic E-state index is 0.0402. The van der Waals surface area contributed by atoms with Gasteiger partial charge in [0.1, 0.15) is 0 Å². The first-order valence-corrected chi connectivity index (χ1v) is 8.88. The molecule has 1 unspecified atom stereocenters. The maximum Gasteiger partial charge on any atom is 0.239 e. The van der Waals surface area contributed by atoms with Crippen molar-refractivity contribution >= 4 is 11.8 Å². The summed E-state index contributed by atoms with van der Waals surface area (Å²) in [7, 11) is 3.18. The molecule has 1 aromatic carbocycles. The second kappa shape index (κ2) is 10.0. The third-order valence-electron chi connectivity index (χ3n) is 4.41. The van der Waals surface area contributed by atoms with Gasteiger partial charge in [0.05, 0.1) is 26.9 Å². The van der Waals surface area contributed by atoms with Gasteiger partial charge in [-0.05, 0) is 37.0 Å². The highest BCUT2D eigenvalue weighted by Crippen LogP contribution is 2.27. The van der Waals surface area contributed by atoms with Crippen molar-refractivity contribution in [2.24, 2.45) is 0 Å². The second-order valence-electron chi connectivity index (χ2n) is 6.32. The minimum atomic E-state index is -0.168. The largest absolute Gasteiger partial charge is 0.493 e. The maximum absolute atomic E-state index is 12.2. The van der Waals surface area contributed by atoms with Gasteiger partial charge in [-0.1, -0.05) is 6.07 Å². The van der Waals surface area contributed by atoms with Gasteiger partial charge in [-0.2, -0.15) is 0 Å². The van der Waals surface area contributed by atoms with Gasteiger partial charge in [-0.3, -0.25) is 9.59 Å². The third kappa shape index (κ3) is 5.91. The van der Waals surface area contributed by atoms with Gasteiger partial charge in [0, 0.05) is 26.6 Å². The number of hydrogen-bond acceptors (Lipinski definition) is 5. The summed E-state index contributed by atoms with van der Waals surface area (Å²) >= 11 is 0. The summed E-state index contributed by atoms with van der Waals surface area (Å²) in [6.45, 7) is 3.22. The van der Waals surface area contributed by atoms with Crippen LogP contribution in [0.25, 0.3) is 0 Å². The van der Waals surface area contributed by atoms with Gasteiger partial charge in [-0.15, -0.1) is 0 Å². The Bertz CT molecular complexity index is 614. The molecule has 0 bridgehead atoms. The molecule has 0 spiro atoms. The second-order valence-corrected chi connectivity index (χ2v) is 6.32. The Hall–Kier alpha value is -2.28. The molecule has 2 amide bonds. The highest BCUT2D eigenvalue weighted by molar-refractivity contribution is 5.83. The number of nitrogens with one attached hydrogen (secondary N) is 1. The number of amides is 2. The van der Waals surface area contributed by atoms with E-state index >= 15 is 0 Å². The molecule has 1 saturated heterocycles. The number of nitrogens with zero attached hydrogens (tertiary/aromatic N) is 1. The van der Waals surface area contributed by atoms with Crippen molar-refractivity contribution in [1.29, 1.82) is 0 Å². The van der Waals surface area contributed by atoms with E-state index in [0.29, 0.717) is 31.0 Å². The van der Waals surface area contributed by atoms with E-state index in [2.05, 4.69) is 5.32 Å². The molecule has 1 N–H and O–H groups in total. The summed E-state index contributed by atoms with van der Waals surface area (Å²) < 4.78 is 16.0. The van der Waals surface area contributed by atoms with Gasteiger partial charge in [0.2, 0.25) is 11.8 Å². The molecular weight excluding hydrogens is 336 g/mol. The zero-order valence-electron chi connectivity index (χ0n) is 15.7. The van der Waals surface area contributed by atoms with E-state index in [9.17, 15) is 9.59 Å². The number of carbonyl (C=O) groups is 2. The van der Waals surface area contributed by atoms with Crippen LogP contribution < -0.4 is 14.8 Å². The van der Waals surface area contributed by atoms with Crippen LogP contribution in [0.5, 0.6) is 11.5 Å². The molecule has 0 aromatic heterocycles. The van der Waals surface area contributed by atoms with Crippen LogP contribution in [0.3, 0.4) is 0 Å². The van der Waals surface area contributed by atoms with Crippen LogP contribution in [0.4, 0.5) is 0 Å². The lowest BCUT2D eigenvalue weighted by molar-refractivity contribution is -0.135. The van der Waals surface area contributed by atoms with E-state index in [0.717, 1.165) is 25.0 Å². The summed E-state index contributed by atoms with van der Waals surface area (Å²) in [5.41, 5.74) is 1.03. The number of ether oxygens (including phenoxy) is 3. The highest BCUT2D eigenvalue weighted by atomic mass is 16.5. The molecule has 0 radical (unpaired) electrons. The van der Waals surface area contributed by atoms with Crippen molar-refractivity contribution in [2.45, 2.75) is 32.3 Å². The van der Waals surface area contributed by atoms with Gasteiger partial charge in [-0.25, -0.2) is 0 Å². The van der Waals surface area contributed by atoms with Crippen molar-refractivity contribution in [2.75, 3.05) is 40.5 Å². The number of methoxy groups -OCH3 is 2. The van der Waals surface area contributed by atoms with Crippen molar-refractivity contribution < 1.29 is 23.8 Å². The van der Waals surface area contributed by atoms with E-state index < -0.39 is 0 Å². The first-order valence-electron chi connectivity index (χ1n) is 8.88. The Morgan fingerprint density at radius 3 is 2.65 bits per heavy atom. The van der Waals surface area contributed by atoms with Crippen molar-refractivity contribution in [1.82, 2.24) is 10.2 Å². The molecule has 1 aromatic rings. The first-order chi connectivity index (χ1) is 12.5. The minimum Gasteiger partial charge on any atom is -0.493 e. The van der Waals surface area contributed by atoms with E-state index in [1.807, 2.05) is 18.2 Å². The Morgan fingerprint density at radius 1 is 1.27 bits per heavy atom. The first kappa shape index (κ1) is 20.0. The fraction of sp³-hybridized carbons (Fsp3) is 0.579. The molecule has 7 heteroatoms.